The van der Waals surface area contributed by atoms with Gasteiger partial charge in [-0.3, -0.25) is 10.1 Å². The van der Waals surface area contributed by atoms with Crippen LogP contribution < -0.4 is 10.6 Å². The summed E-state index contributed by atoms with van der Waals surface area (Å²) in [5.74, 6) is 0.415. The largest absolute Gasteiger partial charge is 0.331 e. The minimum Gasteiger partial charge on any atom is -0.331 e. The summed E-state index contributed by atoms with van der Waals surface area (Å²) in [4.78, 5) is 23.0. The molecule has 24 heavy (non-hydrogen) atoms. The van der Waals surface area contributed by atoms with E-state index in [1.165, 1.54) is 36.0 Å². The number of carbonyl (C=O) groups excluding carboxylic acids is 1. The summed E-state index contributed by atoms with van der Waals surface area (Å²) in [5.41, 5.74) is 0.973. The van der Waals surface area contributed by atoms with Gasteiger partial charge in [0, 0.05) is 28.5 Å². The molecule has 3 rings (SSSR count). The van der Waals surface area contributed by atoms with E-state index in [1.54, 1.807) is 18.2 Å². The highest BCUT2D eigenvalue weighted by Gasteiger charge is 2.24. The van der Waals surface area contributed by atoms with Gasteiger partial charge in [0.15, 0.2) is 0 Å². The number of nitro groups is 1. The number of benzene rings is 2. The number of rotatable bonds is 3. The number of urea groups is 1. The van der Waals surface area contributed by atoms with Crippen LogP contribution in [-0.4, -0.2) is 16.7 Å². The first-order valence-corrected chi connectivity index (χ1v) is 8.26. The van der Waals surface area contributed by atoms with Crippen LogP contribution in [0.1, 0.15) is 18.0 Å². The maximum atomic E-state index is 13.8. The molecule has 2 aromatic carbocycles. The summed E-state index contributed by atoms with van der Waals surface area (Å²) in [6.45, 7) is 0. The summed E-state index contributed by atoms with van der Waals surface area (Å²) in [6, 6.07) is 9.72. The van der Waals surface area contributed by atoms with Crippen molar-refractivity contribution in [2.45, 2.75) is 17.4 Å². The number of hydrogen-bond acceptors (Lipinski definition) is 4. The minimum absolute atomic E-state index is 0.103. The normalized spacial score (nSPS) is 16.1. The van der Waals surface area contributed by atoms with Crippen molar-refractivity contribution in [1.29, 1.82) is 0 Å². The van der Waals surface area contributed by atoms with Gasteiger partial charge in [-0.1, -0.05) is 18.2 Å². The second-order valence-electron chi connectivity index (χ2n) is 5.25. The third-order valence-corrected chi connectivity index (χ3v) is 4.81. The molecule has 0 aliphatic carbocycles. The van der Waals surface area contributed by atoms with Crippen molar-refractivity contribution in [3.8, 4) is 0 Å². The third-order valence-electron chi connectivity index (χ3n) is 3.65. The Morgan fingerprint density at radius 1 is 1.29 bits per heavy atom. The first-order valence-electron chi connectivity index (χ1n) is 7.28. The number of nitrogens with zero attached hydrogens (tertiary/aromatic N) is 1. The van der Waals surface area contributed by atoms with Crippen molar-refractivity contribution < 1.29 is 14.1 Å². The number of thioether (sulfide) groups is 1. The number of hydrogen-bond donors (Lipinski definition) is 2. The highest BCUT2D eigenvalue weighted by molar-refractivity contribution is 7.99. The molecule has 0 saturated carbocycles. The predicted octanol–water partition coefficient (Wildman–Crippen LogP) is 4.09. The van der Waals surface area contributed by atoms with Crippen LogP contribution in [0.25, 0.3) is 0 Å². The van der Waals surface area contributed by atoms with E-state index in [2.05, 4.69) is 10.6 Å². The quantitative estimate of drug-likeness (QED) is 0.647. The monoisotopic (exact) mass is 347 g/mol. The maximum Gasteiger partial charge on any atom is 0.319 e. The average molecular weight is 347 g/mol. The van der Waals surface area contributed by atoms with Gasteiger partial charge >= 0.3 is 6.03 Å². The van der Waals surface area contributed by atoms with E-state index in [0.29, 0.717) is 22.8 Å². The Hall–Kier alpha value is -2.61. The van der Waals surface area contributed by atoms with Crippen molar-refractivity contribution in [3.63, 3.8) is 0 Å². The van der Waals surface area contributed by atoms with E-state index in [1.807, 2.05) is 0 Å². The van der Waals surface area contributed by atoms with E-state index in [9.17, 15) is 19.3 Å². The van der Waals surface area contributed by atoms with Gasteiger partial charge in [-0.2, -0.15) is 0 Å². The van der Waals surface area contributed by atoms with Gasteiger partial charge in [0.2, 0.25) is 0 Å². The fourth-order valence-corrected chi connectivity index (χ4v) is 3.70. The van der Waals surface area contributed by atoms with Crippen LogP contribution >= 0.6 is 11.8 Å². The van der Waals surface area contributed by atoms with Crippen LogP contribution in [-0.2, 0) is 0 Å². The topological polar surface area (TPSA) is 84.3 Å². The fourth-order valence-electron chi connectivity index (χ4n) is 2.56. The molecule has 124 valence electrons. The Bertz CT molecular complexity index is 800. The zero-order valence-electron chi connectivity index (χ0n) is 12.5. The van der Waals surface area contributed by atoms with Crippen LogP contribution in [0.3, 0.4) is 0 Å². The zero-order valence-corrected chi connectivity index (χ0v) is 13.3. The number of halogens is 1. The van der Waals surface area contributed by atoms with E-state index in [4.69, 9.17) is 0 Å². The van der Waals surface area contributed by atoms with Crippen LogP contribution in [0.4, 0.5) is 20.6 Å². The lowest BCUT2D eigenvalue weighted by Gasteiger charge is -2.26. The smallest absolute Gasteiger partial charge is 0.319 e. The first kappa shape index (κ1) is 16.3. The van der Waals surface area contributed by atoms with Gasteiger partial charge < -0.3 is 10.6 Å². The molecule has 0 radical (unpaired) electrons. The average Bonchev–Trinajstić information content (AvgIpc) is 2.56. The summed E-state index contributed by atoms with van der Waals surface area (Å²) in [5, 5.41) is 16.1. The SMILES string of the molecule is O=C(Nc1cccc([N+](=O)[O-])c1)N[C@H]1CCSc2c(F)cccc21. The Kier molecular flexibility index (Phi) is 4.66. The van der Waals surface area contributed by atoms with Crippen molar-refractivity contribution in [2.75, 3.05) is 11.1 Å². The van der Waals surface area contributed by atoms with Crippen molar-refractivity contribution in [1.82, 2.24) is 5.32 Å². The van der Waals surface area contributed by atoms with E-state index < -0.39 is 11.0 Å². The molecule has 2 N–H and O–H groups in total. The number of nitrogens with one attached hydrogen (secondary N) is 2. The summed E-state index contributed by atoms with van der Waals surface area (Å²) < 4.78 is 13.8. The van der Waals surface area contributed by atoms with Crippen LogP contribution in [0.2, 0.25) is 0 Å². The molecule has 6 nitrogen and oxygen atoms in total. The molecular weight excluding hydrogens is 333 g/mol. The Labute approximate surface area is 141 Å². The lowest BCUT2D eigenvalue weighted by Crippen LogP contribution is -2.34. The second kappa shape index (κ2) is 6.88. The number of anilines is 1. The molecule has 0 aromatic heterocycles. The van der Waals surface area contributed by atoms with Crippen LogP contribution in [0.15, 0.2) is 47.4 Å². The maximum absolute atomic E-state index is 13.8. The Balaban J connectivity index is 1.71. The van der Waals surface area contributed by atoms with Crippen LogP contribution in [0, 0.1) is 15.9 Å². The van der Waals surface area contributed by atoms with Gasteiger partial charge in [0.1, 0.15) is 5.82 Å². The van der Waals surface area contributed by atoms with Gasteiger partial charge in [0.25, 0.3) is 5.69 Å². The van der Waals surface area contributed by atoms with Gasteiger partial charge in [0.05, 0.1) is 11.0 Å². The summed E-state index contributed by atoms with van der Waals surface area (Å²) in [6.07, 6.45) is 0.684. The standard InChI is InChI=1S/C16H14FN3O3S/c17-13-6-2-5-12-14(7-8-24-15(12)13)19-16(21)18-10-3-1-4-11(9-10)20(22)23/h1-6,9,14H,7-8H2,(H2,18,19,21)/t14-/m0/s1. The molecular formula is C16H14FN3O3S. The molecule has 0 bridgehead atoms. The molecule has 1 aliphatic rings. The molecule has 2 aromatic rings. The number of non-ortho nitro benzene ring substituents is 1. The van der Waals surface area contributed by atoms with Gasteiger partial charge in [-0.05, 0) is 24.1 Å². The fraction of sp³-hybridized carbons (Fsp3) is 0.188. The van der Waals surface area contributed by atoms with E-state index in [0.717, 1.165) is 5.56 Å². The van der Waals surface area contributed by atoms with Crippen molar-refractivity contribution >= 4 is 29.2 Å². The third kappa shape index (κ3) is 3.48. The molecule has 8 heteroatoms. The molecule has 0 unspecified atom stereocenters. The number of fused-ring (bicyclic) bond motifs is 1. The second-order valence-corrected chi connectivity index (χ2v) is 6.36. The highest BCUT2D eigenvalue weighted by atomic mass is 32.2. The molecule has 1 atom stereocenters. The van der Waals surface area contributed by atoms with E-state index >= 15 is 0 Å². The molecule has 1 aliphatic heterocycles. The van der Waals surface area contributed by atoms with Gasteiger partial charge in [-0.15, -0.1) is 11.8 Å². The molecule has 0 spiro atoms. The Morgan fingerprint density at radius 3 is 2.88 bits per heavy atom. The van der Waals surface area contributed by atoms with Gasteiger partial charge in [-0.25, -0.2) is 9.18 Å². The lowest BCUT2D eigenvalue weighted by atomic mass is 10.0. The van der Waals surface area contributed by atoms with E-state index in [-0.39, 0.29) is 17.5 Å². The predicted molar refractivity (Wildman–Crippen MR) is 89.7 cm³/mol. The number of amides is 2. The zero-order chi connectivity index (χ0) is 17.1. The molecule has 0 fully saturated rings. The summed E-state index contributed by atoms with van der Waals surface area (Å²) >= 11 is 1.43. The summed E-state index contributed by atoms with van der Waals surface area (Å²) in [7, 11) is 0. The van der Waals surface area contributed by atoms with Crippen molar-refractivity contribution in [2.24, 2.45) is 0 Å². The first-order chi connectivity index (χ1) is 11.5. The van der Waals surface area contributed by atoms with Crippen LogP contribution in [0.5, 0.6) is 0 Å². The lowest BCUT2D eigenvalue weighted by molar-refractivity contribution is -0.384. The number of nitro benzene ring substituents is 1. The highest BCUT2D eigenvalue weighted by Crippen LogP contribution is 2.37. The minimum atomic E-state index is -0.527. The molecule has 2 amide bonds. The Morgan fingerprint density at radius 2 is 2.08 bits per heavy atom. The van der Waals surface area contributed by atoms with Crippen molar-refractivity contribution in [3.05, 3.63) is 64.0 Å². The number of carbonyl (C=O) groups is 1. The molecule has 1 heterocycles. The molecule has 0 saturated heterocycles.